The molecule has 0 fully saturated rings. The Hall–Kier alpha value is -1.44. The van der Waals surface area contributed by atoms with Crippen molar-refractivity contribution in [2.24, 2.45) is 0 Å². The molecule has 0 unspecified atom stereocenters. The van der Waals surface area contributed by atoms with Crippen LogP contribution in [-0.4, -0.2) is 31.0 Å². The first-order valence-corrected chi connectivity index (χ1v) is 5.98. The fourth-order valence-electron chi connectivity index (χ4n) is 1.21. The Labute approximate surface area is 116 Å². The van der Waals surface area contributed by atoms with Crippen LogP contribution in [0.25, 0.3) is 0 Å². The lowest BCUT2D eigenvalue weighted by Gasteiger charge is -2.15. The van der Waals surface area contributed by atoms with Crippen LogP contribution in [0.15, 0.2) is 18.2 Å². The van der Waals surface area contributed by atoms with E-state index in [9.17, 15) is 4.79 Å². The summed E-state index contributed by atoms with van der Waals surface area (Å²) in [6, 6.07) is 6.71. The molecular formula is C12H12Cl2N2O2. The third kappa shape index (κ3) is 4.82. The molecule has 0 saturated carbocycles. The second-order valence-corrected chi connectivity index (χ2v) is 4.49. The van der Waals surface area contributed by atoms with Crippen LogP contribution < -0.4 is 4.74 Å². The largest absolute Gasteiger partial charge is 0.484 e. The summed E-state index contributed by atoms with van der Waals surface area (Å²) in [5.74, 6) is 0.232. The molecule has 0 N–H and O–H groups in total. The van der Waals surface area contributed by atoms with E-state index in [1.54, 1.807) is 25.2 Å². The van der Waals surface area contributed by atoms with Gasteiger partial charge in [-0.15, -0.1) is 0 Å². The number of likely N-dealkylation sites (N-methyl/N-ethyl adjacent to an activating group) is 1. The number of hydrogen-bond donors (Lipinski definition) is 0. The summed E-state index contributed by atoms with van der Waals surface area (Å²) in [5, 5.41) is 9.31. The number of nitriles is 1. The van der Waals surface area contributed by atoms with Crippen LogP contribution in [0.3, 0.4) is 0 Å². The Morgan fingerprint density at radius 3 is 2.56 bits per heavy atom. The number of nitrogens with zero attached hydrogens (tertiary/aromatic N) is 2. The lowest BCUT2D eigenvalue weighted by molar-refractivity contribution is -0.131. The lowest BCUT2D eigenvalue weighted by atomic mass is 10.3. The maximum Gasteiger partial charge on any atom is 0.260 e. The van der Waals surface area contributed by atoms with Gasteiger partial charge in [0.25, 0.3) is 5.91 Å². The Morgan fingerprint density at radius 1 is 1.39 bits per heavy atom. The fourth-order valence-corrected chi connectivity index (χ4v) is 1.72. The van der Waals surface area contributed by atoms with Crippen molar-refractivity contribution in [2.45, 2.75) is 6.42 Å². The predicted octanol–water partition coefficient (Wildman–Crippen LogP) is 2.74. The maximum atomic E-state index is 11.6. The van der Waals surface area contributed by atoms with Crippen molar-refractivity contribution in [2.75, 3.05) is 20.2 Å². The molecule has 1 rings (SSSR count). The molecule has 6 heteroatoms. The monoisotopic (exact) mass is 286 g/mol. The fraction of sp³-hybridized carbons (Fsp3) is 0.333. The van der Waals surface area contributed by atoms with Gasteiger partial charge in [0.1, 0.15) is 5.75 Å². The van der Waals surface area contributed by atoms with Crippen LogP contribution in [0.5, 0.6) is 5.75 Å². The molecule has 1 amide bonds. The van der Waals surface area contributed by atoms with Crippen molar-refractivity contribution < 1.29 is 9.53 Å². The van der Waals surface area contributed by atoms with E-state index in [0.717, 1.165) is 0 Å². The van der Waals surface area contributed by atoms with Crippen molar-refractivity contribution in [3.63, 3.8) is 0 Å². The molecule has 96 valence electrons. The zero-order valence-corrected chi connectivity index (χ0v) is 11.3. The van der Waals surface area contributed by atoms with Crippen molar-refractivity contribution in [1.82, 2.24) is 4.90 Å². The van der Waals surface area contributed by atoms with Gasteiger partial charge in [0.05, 0.1) is 12.5 Å². The minimum Gasteiger partial charge on any atom is -0.484 e. The summed E-state index contributed by atoms with van der Waals surface area (Å²) >= 11 is 11.6. The van der Waals surface area contributed by atoms with Crippen LogP contribution in [-0.2, 0) is 4.79 Å². The number of benzene rings is 1. The van der Waals surface area contributed by atoms with Gasteiger partial charge in [-0.3, -0.25) is 4.79 Å². The van der Waals surface area contributed by atoms with Crippen LogP contribution in [0.2, 0.25) is 10.0 Å². The number of halogens is 2. The summed E-state index contributed by atoms with van der Waals surface area (Å²) in [4.78, 5) is 13.1. The quantitative estimate of drug-likeness (QED) is 0.836. The van der Waals surface area contributed by atoms with Gasteiger partial charge in [0, 0.05) is 23.6 Å². The maximum absolute atomic E-state index is 11.6. The molecule has 1 aromatic rings. The van der Waals surface area contributed by atoms with E-state index in [4.69, 9.17) is 33.2 Å². The number of rotatable bonds is 5. The van der Waals surface area contributed by atoms with Crippen LogP contribution in [0.4, 0.5) is 0 Å². The van der Waals surface area contributed by atoms with Crippen molar-refractivity contribution in [3.05, 3.63) is 28.2 Å². The third-order valence-electron chi connectivity index (χ3n) is 2.18. The Morgan fingerprint density at radius 2 is 2.00 bits per heavy atom. The van der Waals surface area contributed by atoms with E-state index < -0.39 is 0 Å². The van der Waals surface area contributed by atoms with Gasteiger partial charge in [-0.05, 0) is 18.2 Å². The van der Waals surface area contributed by atoms with Gasteiger partial charge >= 0.3 is 0 Å². The van der Waals surface area contributed by atoms with Gasteiger partial charge in [0.2, 0.25) is 0 Å². The van der Waals surface area contributed by atoms with Gasteiger partial charge in [-0.25, -0.2) is 0 Å². The van der Waals surface area contributed by atoms with Crippen molar-refractivity contribution in [3.8, 4) is 11.8 Å². The highest BCUT2D eigenvalue weighted by Gasteiger charge is 2.09. The minimum absolute atomic E-state index is 0.113. The van der Waals surface area contributed by atoms with E-state index in [-0.39, 0.29) is 12.5 Å². The SMILES string of the molecule is CN(CCC#N)C(=O)COc1cc(Cl)cc(Cl)c1. The molecule has 0 heterocycles. The van der Waals surface area contributed by atoms with E-state index in [1.807, 2.05) is 6.07 Å². The molecular weight excluding hydrogens is 275 g/mol. The van der Waals surface area contributed by atoms with Crippen LogP contribution in [0.1, 0.15) is 6.42 Å². The summed E-state index contributed by atoms with van der Waals surface area (Å²) in [5.41, 5.74) is 0. The minimum atomic E-state index is -0.207. The first-order chi connectivity index (χ1) is 8.52. The molecule has 0 spiro atoms. The van der Waals surface area contributed by atoms with Gasteiger partial charge in [-0.2, -0.15) is 5.26 Å². The van der Waals surface area contributed by atoms with E-state index >= 15 is 0 Å². The number of amides is 1. The highest BCUT2D eigenvalue weighted by atomic mass is 35.5. The molecule has 4 nitrogen and oxygen atoms in total. The number of hydrogen-bond acceptors (Lipinski definition) is 3. The topological polar surface area (TPSA) is 53.3 Å². The van der Waals surface area contributed by atoms with Gasteiger partial charge in [0.15, 0.2) is 6.61 Å². The molecule has 0 aliphatic rings. The lowest BCUT2D eigenvalue weighted by Crippen LogP contribution is -2.32. The average molecular weight is 287 g/mol. The highest BCUT2D eigenvalue weighted by molar-refractivity contribution is 6.34. The van der Waals surface area contributed by atoms with Gasteiger partial charge < -0.3 is 9.64 Å². The zero-order valence-electron chi connectivity index (χ0n) is 9.82. The van der Waals surface area contributed by atoms with Gasteiger partial charge in [-0.1, -0.05) is 23.2 Å². The molecule has 0 saturated heterocycles. The Balaban J connectivity index is 2.49. The van der Waals surface area contributed by atoms with Crippen LogP contribution in [0, 0.1) is 11.3 Å². The summed E-state index contributed by atoms with van der Waals surface area (Å²) in [6.45, 7) is 0.271. The second-order valence-electron chi connectivity index (χ2n) is 3.62. The molecule has 0 aliphatic heterocycles. The predicted molar refractivity (Wildman–Crippen MR) is 69.8 cm³/mol. The van der Waals surface area contributed by atoms with Crippen molar-refractivity contribution in [1.29, 1.82) is 5.26 Å². The number of ether oxygens (including phenoxy) is 1. The third-order valence-corrected chi connectivity index (χ3v) is 2.62. The zero-order chi connectivity index (χ0) is 13.5. The molecule has 1 aromatic carbocycles. The second kappa shape index (κ2) is 7.10. The molecule has 0 bridgehead atoms. The summed E-state index contributed by atoms with van der Waals surface area (Å²) in [6.07, 6.45) is 0.297. The normalized spacial score (nSPS) is 9.67. The average Bonchev–Trinajstić information content (AvgIpc) is 2.31. The summed E-state index contributed by atoms with van der Waals surface area (Å²) in [7, 11) is 1.62. The Kier molecular flexibility index (Phi) is 5.76. The smallest absolute Gasteiger partial charge is 0.260 e. The molecule has 0 aliphatic carbocycles. The Bertz CT molecular complexity index is 451. The molecule has 18 heavy (non-hydrogen) atoms. The standard InChI is InChI=1S/C12H12Cl2N2O2/c1-16(4-2-3-15)12(17)8-18-11-6-9(13)5-10(14)7-11/h5-7H,2,4,8H2,1H3. The summed E-state index contributed by atoms with van der Waals surface area (Å²) < 4.78 is 5.29. The van der Waals surface area contributed by atoms with E-state index in [1.165, 1.54) is 4.90 Å². The van der Waals surface area contributed by atoms with E-state index in [2.05, 4.69) is 0 Å². The van der Waals surface area contributed by atoms with Crippen LogP contribution >= 0.6 is 23.2 Å². The first-order valence-electron chi connectivity index (χ1n) is 5.22. The number of carbonyl (C=O) groups excluding carboxylic acids is 1. The number of carbonyl (C=O) groups is 1. The molecule has 0 aromatic heterocycles. The first kappa shape index (κ1) is 14.6. The molecule has 0 radical (unpaired) electrons. The highest BCUT2D eigenvalue weighted by Crippen LogP contribution is 2.24. The van der Waals surface area contributed by atoms with Crippen molar-refractivity contribution >= 4 is 29.1 Å². The molecule has 0 atom stereocenters. The van der Waals surface area contributed by atoms with E-state index in [0.29, 0.717) is 28.8 Å².